The van der Waals surface area contributed by atoms with E-state index in [0.717, 1.165) is 0 Å². The standard InChI is InChI=1S/C21H28O4/c1-9-11(2)16-20(6,10-12(3)17-21(16,7)25-17)18-13(4)15(22)14(5)19(23-8)24-18/h9-10,16-17H,1-8H3/b11-9+/t16-,17-,20-,21+/m1/s1. The van der Waals surface area contributed by atoms with Gasteiger partial charge in [-0.3, -0.25) is 4.79 Å². The van der Waals surface area contributed by atoms with Gasteiger partial charge in [0.1, 0.15) is 17.5 Å². The molecule has 2 aliphatic rings. The van der Waals surface area contributed by atoms with Crippen molar-refractivity contribution < 1.29 is 13.9 Å². The molecule has 0 bridgehead atoms. The highest BCUT2D eigenvalue weighted by molar-refractivity contribution is 5.46. The minimum atomic E-state index is -0.480. The molecule has 4 atom stereocenters. The van der Waals surface area contributed by atoms with Gasteiger partial charge in [0.15, 0.2) is 5.43 Å². The zero-order chi connectivity index (χ0) is 18.7. The summed E-state index contributed by atoms with van der Waals surface area (Å²) in [6.07, 6.45) is 4.48. The van der Waals surface area contributed by atoms with Gasteiger partial charge < -0.3 is 13.9 Å². The Bertz CT molecular complexity index is 844. The van der Waals surface area contributed by atoms with Crippen LogP contribution in [0, 0.1) is 19.8 Å². The topological polar surface area (TPSA) is 52.0 Å². The lowest BCUT2D eigenvalue weighted by Gasteiger charge is -2.41. The van der Waals surface area contributed by atoms with Gasteiger partial charge in [0.05, 0.1) is 18.1 Å². The molecule has 136 valence electrons. The van der Waals surface area contributed by atoms with Crippen LogP contribution in [0.3, 0.4) is 0 Å². The van der Waals surface area contributed by atoms with E-state index in [0.29, 0.717) is 22.8 Å². The van der Waals surface area contributed by atoms with Crippen molar-refractivity contribution in [3.63, 3.8) is 0 Å². The van der Waals surface area contributed by atoms with E-state index < -0.39 is 5.41 Å². The van der Waals surface area contributed by atoms with Crippen LogP contribution in [0.5, 0.6) is 5.95 Å². The van der Waals surface area contributed by atoms with Gasteiger partial charge in [-0.2, -0.15) is 0 Å². The first-order valence-corrected chi connectivity index (χ1v) is 8.80. The van der Waals surface area contributed by atoms with Gasteiger partial charge in [-0.1, -0.05) is 17.7 Å². The molecular formula is C21H28O4. The second-order valence-corrected chi connectivity index (χ2v) is 7.82. The molecule has 4 heteroatoms. The maximum Gasteiger partial charge on any atom is 0.291 e. The van der Waals surface area contributed by atoms with E-state index in [4.69, 9.17) is 13.9 Å². The number of methoxy groups -OCH3 is 1. The van der Waals surface area contributed by atoms with Crippen molar-refractivity contribution in [2.24, 2.45) is 5.92 Å². The highest BCUT2D eigenvalue weighted by Gasteiger charge is 2.66. The summed E-state index contributed by atoms with van der Waals surface area (Å²) in [5.41, 5.74) is 2.80. The molecule has 0 saturated carbocycles. The Morgan fingerprint density at radius 2 is 1.88 bits per heavy atom. The van der Waals surface area contributed by atoms with Crippen LogP contribution in [0.2, 0.25) is 0 Å². The molecular weight excluding hydrogens is 316 g/mol. The molecule has 1 fully saturated rings. The van der Waals surface area contributed by atoms with Crippen molar-refractivity contribution in [2.45, 2.75) is 65.6 Å². The largest absolute Gasteiger partial charge is 0.468 e. The summed E-state index contributed by atoms with van der Waals surface area (Å²) in [6, 6.07) is 0. The van der Waals surface area contributed by atoms with Crippen LogP contribution < -0.4 is 10.2 Å². The van der Waals surface area contributed by atoms with E-state index >= 15 is 0 Å². The predicted octanol–water partition coefficient (Wildman–Crippen LogP) is 4.22. The Balaban J connectivity index is 2.32. The van der Waals surface area contributed by atoms with Gasteiger partial charge in [0.2, 0.25) is 0 Å². The van der Waals surface area contributed by atoms with Gasteiger partial charge in [0, 0.05) is 11.5 Å². The molecule has 3 rings (SSSR count). The Labute approximate surface area is 149 Å². The normalized spacial score (nSPS) is 34.4. The zero-order valence-electron chi connectivity index (χ0n) is 16.4. The second-order valence-electron chi connectivity index (χ2n) is 7.82. The molecule has 0 aromatic carbocycles. The quantitative estimate of drug-likeness (QED) is 0.608. The molecule has 0 N–H and O–H groups in total. The number of epoxide rings is 1. The van der Waals surface area contributed by atoms with Crippen LogP contribution in [0.15, 0.2) is 32.5 Å². The van der Waals surface area contributed by atoms with Gasteiger partial charge in [-0.05, 0) is 54.0 Å². The Morgan fingerprint density at radius 3 is 2.44 bits per heavy atom. The van der Waals surface area contributed by atoms with Crippen LogP contribution in [0.1, 0.15) is 51.5 Å². The van der Waals surface area contributed by atoms with Crippen molar-refractivity contribution in [1.82, 2.24) is 0 Å². The highest BCUT2D eigenvalue weighted by atomic mass is 16.6. The fraction of sp³-hybridized carbons (Fsp3) is 0.571. The first-order chi connectivity index (χ1) is 11.6. The number of ether oxygens (including phenoxy) is 2. The van der Waals surface area contributed by atoms with Crippen molar-refractivity contribution in [2.75, 3.05) is 7.11 Å². The average Bonchev–Trinajstić information content (AvgIpc) is 3.25. The summed E-state index contributed by atoms with van der Waals surface area (Å²) in [5.74, 6) is 1.05. The van der Waals surface area contributed by atoms with Crippen LogP contribution in [-0.4, -0.2) is 18.8 Å². The van der Waals surface area contributed by atoms with Crippen LogP contribution in [0.25, 0.3) is 0 Å². The van der Waals surface area contributed by atoms with Crippen molar-refractivity contribution in [1.29, 1.82) is 0 Å². The molecule has 25 heavy (non-hydrogen) atoms. The second kappa shape index (κ2) is 5.60. The summed E-state index contributed by atoms with van der Waals surface area (Å²) in [4.78, 5) is 12.7. The Hall–Kier alpha value is -1.81. The van der Waals surface area contributed by atoms with Crippen molar-refractivity contribution in [3.05, 3.63) is 50.4 Å². The number of fused-ring (bicyclic) bond motifs is 1. The highest BCUT2D eigenvalue weighted by Crippen LogP contribution is 2.60. The SMILES string of the molecule is C/C=C(\C)[C@H]1[C@]2(C)O[C@@H]2C(C)=C[C@@]1(C)c1oc(OC)c(C)c(=O)c1C. The lowest BCUT2D eigenvalue weighted by molar-refractivity contribution is 0.178. The molecule has 1 aliphatic heterocycles. The third-order valence-corrected chi connectivity index (χ3v) is 6.06. The fourth-order valence-electron chi connectivity index (χ4n) is 4.93. The maximum absolute atomic E-state index is 12.7. The molecule has 0 unspecified atom stereocenters. The number of hydrogen-bond donors (Lipinski definition) is 0. The van der Waals surface area contributed by atoms with E-state index in [1.807, 2.05) is 13.8 Å². The number of allylic oxidation sites excluding steroid dienone is 2. The molecule has 0 radical (unpaired) electrons. The van der Waals surface area contributed by atoms with Gasteiger partial charge >= 0.3 is 0 Å². The summed E-state index contributed by atoms with van der Waals surface area (Å²) in [7, 11) is 1.53. The summed E-state index contributed by atoms with van der Waals surface area (Å²) in [6.45, 7) is 14.1. The fourth-order valence-corrected chi connectivity index (χ4v) is 4.93. The van der Waals surface area contributed by atoms with Crippen molar-refractivity contribution in [3.8, 4) is 5.95 Å². The number of hydrogen-bond acceptors (Lipinski definition) is 4. The maximum atomic E-state index is 12.7. The van der Waals surface area contributed by atoms with Gasteiger partial charge in [0.25, 0.3) is 5.95 Å². The first-order valence-electron chi connectivity index (χ1n) is 8.80. The molecule has 1 aromatic rings. The first kappa shape index (κ1) is 18.0. The lowest BCUT2D eigenvalue weighted by Crippen LogP contribution is -2.45. The average molecular weight is 344 g/mol. The van der Waals surface area contributed by atoms with E-state index in [1.54, 1.807) is 6.92 Å². The van der Waals surface area contributed by atoms with Gasteiger partial charge in [-0.25, -0.2) is 0 Å². The summed E-state index contributed by atoms with van der Waals surface area (Å²) in [5, 5.41) is 0. The van der Waals surface area contributed by atoms with E-state index in [2.05, 4.69) is 39.8 Å². The molecule has 1 saturated heterocycles. The summed E-state index contributed by atoms with van der Waals surface area (Å²) < 4.78 is 17.6. The lowest BCUT2D eigenvalue weighted by atomic mass is 9.60. The monoisotopic (exact) mass is 344 g/mol. The predicted molar refractivity (Wildman–Crippen MR) is 98.3 cm³/mol. The zero-order valence-corrected chi connectivity index (χ0v) is 16.4. The molecule has 1 aromatic heterocycles. The molecule has 2 heterocycles. The summed E-state index contributed by atoms with van der Waals surface area (Å²) >= 11 is 0. The number of rotatable bonds is 3. The molecule has 4 nitrogen and oxygen atoms in total. The van der Waals surface area contributed by atoms with Crippen molar-refractivity contribution >= 4 is 0 Å². The third kappa shape index (κ3) is 2.34. The van der Waals surface area contributed by atoms with E-state index in [1.165, 1.54) is 18.3 Å². The van der Waals surface area contributed by atoms with Crippen LogP contribution in [0.4, 0.5) is 0 Å². The smallest absolute Gasteiger partial charge is 0.291 e. The van der Waals surface area contributed by atoms with E-state index in [9.17, 15) is 4.79 Å². The Kier molecular flexibility index (Phi) is 4.03. The minimum absolute atomic E-state index is 0.0220. The van der Waals surface area contributed by atoms with Crippen LogP contribution in [-0.2, 0) is 10.2 Å². The van der Waals surface area contributed by atoms with E-state index in [-0.39, 0.29) is 23.1 Å². The Morgan fingerprint density at radius 1 is 1.24 bits per heavy atom. The van der Waals surface area contributed by atoms with Gasteiger partial charge in [-0.15, -0.1) is 0 Å². The molecule has 0 spiro atoms. The minimum Gasteiger partial charge on any atom is -0.468 e. The van der Waals surface area contributed by atoms with Crippen LogP contribution >= 0.6 is 0 Å². The molecule has 1 aliphatic carbocycles. The molecule has 0 amide bonds. The third-order valence-electron chi connectivity index (χ3n) is 6.06.